The Morgan fingerprint density at radius 1 is 1.14 bits per heavy atom. The Morgan fingerprint density at radius 3 is 2.67 bits per heavy atom. The van der Waals surface area contributed by atoms with Gasteiger partial charge in [0.15, 0.2) is 5.13 Å². The van der Waals surface area contributed by atoms with E-state index < -0.39 is 17.3 Å². The van der Waals surface area contributed by atoms with E-state index in [2.05, 4.69) is 20.7 Å². The van der Waals surface area contributed by atoms with Gasteiger partial charge < -0.3 is 15.3 Å². The van der Waals surface area contributed by atoms with Crippen molar-refractivity contribution in [2.75, 3.05) is 22.1 Å². The molecule has 6 rings (SSSR count). The number of aryl methyl sites for hydroxylation is 1. The number of anilines is 4. The summed E-state index contributed by atoms with van der Waals surface area (Å²) in [5.41, 5.74) is 4.43. The van der Waals surface area contributed by atoms with Crippen molar-refractivity contribution in [2.24, 2.45) is 0 Å². The van der Waals surface area contributed by atoms with Crippen molar-refractivity contribution in [3.63, 3.8) is 0 Å². The minimum absolute atomic E-state index is 0.00836. The normalized spacial score (nSPS) is 14.0. The summed E-state index contributed by atoms with van der Waals surface area (Å²) in [6.07, 6.45) is 0. The van der Waals surface area contributed by atoms with Crippen LogP contribution in [0, 0.1) is 12.7 Å². The van der Waals surface area contributed by atoms with Gasteiger partial charge in [0.1, 0.15) is 11.6 Å². The number of nitrogens with one attached hydrogen (secondary N) is 2. The largest absolute Gasteiger partial charge is 0.506 e. The first-order valence-corrected chi connectivity index (χ1v) is 14.8. The molecule has 11 heteroatoms. The number of para-hydroxylation sites is 2. The second-order valence-electron chi connectivity index (χ2n) is 11.4. The van der Waals surface area contributed by atoms with Gasteiger partial charge in [0.25, 0.3) is 0 Å². The number of urea groups is 1. The third-order valence-corrected chi connectivity index (χ3v) is 8.52. The van der Waals surface area contributed by atoms with Crippen LogP contribution in [0.4, 0.5) is 31.4 Å². The lowest BCUT2D eigenvalue weighted by Gasteiger charge is -2.25. The SMILES string of the molecule is Cc1cc(-c2c(F)cc(O)c3c2C(C)(C)CN3c2ccccc2NC(=O)Nc2nc3ccc(Cl)cc3s2)n(C(C)C)n1. The summed E-state index contributed by atoms with van der Waals surface area (Å²) in [6, 6.07) is 15.3. The number of thiazole rings is 1. The van der Waals surface area contributed by atoms with Crippen LogP contribution in [0.5, 0.6) is 5.75 Å². The van der Waals surface area contributed by atoms with Crippen LogP contribution in [0.3, 0.4) is 0 Å². The second kappa shape index (κ2) is 10.3. The van der Waals surface area contributed by atoms with E-state index in [0.29, 0.717) is 50.6 Å². The Balaban J connectivity index is 1.39. The number of rotatable bonds is 5. The van der Waals surface area contributed by atoms with Crippen LogP contribution in [0.15, 0.2) is 54.6 Å². The highest BCUT2D eigenvalue weighted by atomic mass is 35.5. The van der Waals surface area contributed by atoms with Gasteiger partial charge in [-0.3, -0.25) is 10.00 Å². The molecule has 3 N–H and O–H groups in total. The summed E-state index contributed by atoms with van der Waals surface area (Å²) >= 11 is 7.42. The van der Waals surface area contributed by atoms with E-state index in [-0.39, 0.29) is 11.8 Å². The number of nitrogens with zero attached hydrogens (tertiary/aromatic N) is 4. The number of hydrogen-bond donors (Lipinski definition) is 3. The van der Waals surface area contributed by atoms with Gasteiger partial charge in [-0.1, -0.05) is 48.9 Å². The van der Waals surface area contributed by atoms with Crippen molar-refractivity contribution < 1.29 is 14.3 Å². The average molecular weight is 605 g/mol. The number of phenols is 1. The van der Waals surface area contributed by atoms with Crippen LogP contribution in [0.2, 0.25) is 5.02 Å². The molecule has 0 spiro atoms. The van der Waals surface area contributed by atoms with Crippen LogP contribution in [-0.2, 0) is 5.41 Å². The lowest BCUT2D eigenvalue weighted by atomic mass is 9.82. The van der Waals surface area contributed by atoms with E-state index in [4.69, 9.17) is 11.6 Å². The summed E-state index contributed by atoms with van der Waals surface area (Å²) in [5, 5.41) is 22.5. The Kier molecular flexibility index (Phi) is 6.86. The number of halogens is 2. The Morgan fingerprint density at radius 2 is 1.90 bits per heavy atom. The lowest BCUT2D eigenvalue weighted by molar-refractivity contribution is 0.262. The number of amides is 2. The number of benzene rings is 3. The maximum Gasteiger partial charge on any atom is 0.325 e. The van der Waals surface area contributed by atoms with E-state index in [1.54, 1.807) is 24.3 Å². The van der Waals surface area contributed by atoms with Gasteiger partial charge in [-0.05, 0) is 62.7 Å². The highest BCUT2D eigenvalue weighted by molar-refractivity contribution is 7.22. The number of aromatic hydroxyl groups is 1. The molecule has 0 aliphatic carbocycles. The van der Waals surface area contributed by atoms with Crippen LogP contribution >= 0.6 is 22.9 Å². The number of aromatic nitrogens is 3. The second-order valence-corrected chi connectivity index (χ2v) is 12.8. The predicted molar refractivity (Wildman–Crippen MR) is 168 cm³/mol. The fraction of sp³-hybridized carbons (Fsp3) is 0.258. The van der Waals surface area contributed by atoms with Crippen LogP contribution < -0.4 is 15.5 Å². The van der Waals surface area contributed by atoms with E-state index in [9.17, 15) is 9.90 Å². The van der Waals surface area contributed by atoms with Crippen LogP contribution in [0.1, 0.15) is 45.0 Å². The molecule has 3 aromatic carbocycles. The topological polar surface area (TPSA) is 95.3 Å². The van der Waals surface area contributed by atoms with Gasteiger partial charge in [-0.2, -0.15) is 5.10 Å². The summed E-state index contributed by atoms with van der Waals surface area (Å²) in [7, 11) is 0. The average Bonchev–Trinajstić information content (AvgIpc) is 3.57. The zero-order valence-corrected chi connectivity index (χ0v) is 25.4. The first-order valence-electron chi connectivity index (χ1n) is 13.6. The third kappa shape index (κ3) is 4.84. The number of hydrogen-bond acceptors (Lipinski definition) is 6. The van der Waals surface area contributed by atoms with Gasteiger partial charge in [0.05, 0.1) is 38.7 Å². The van der Waals surface area contributed by atoms with Gasteiger partial charge in [-0.15, -0.1) is 0 Å². The molecular weight excluding hydrogens is 575 g/mol. The molecule has 0 fully saturated rings. The number of phenolic OH excluding ortho intramolecular Hbond substituents is 1. The lowest BCUT2D eigenvalue weighted by Crippen LogP contribution is -2.27. The zero-order chi connectivity index (χ0) is 29.9. The first-order chi connectivity index (χ1) is 19.9. The van der Waals surface area contributed by atoms with Gasteiger partial charge in [0.2, 0.25) is 0 Å². The number of fused-ring (bicyclic) bond motifs is 2. The molecule has 0 radical (unpaired) electrons. The standard InChI is InChI=1S/C31H30ClFN6O2S/c1-16(2)39-23(12-17(3)37-39)26-19(33)14-24(40)28-27(26)31(4,5)15-38(28)22-9-7-6-8-20(22)34-29(41)36-30-35-21-11-10-18(32)13-25(21)42-30/h6-14,16,40H,15H2,1-5H3,(H2,34,35,36,41). The van der Waals surface area contributed by atoms with Gasteiger partial charge >= 0.3 is 6.03 Å². The minimum atomic E-state index is -0.554. The highest BCUT2D eigenvalue weighted by Crippen LogP contribution is 2.54. The molecule has 216 valence electrons. The smallest absolute Gasteiger partial charge is 0.325 e. The minimum Gasteiger partial charge on any atom is -0.506 e. The molecule has 0 saturated carbocycles. The van der Waals surface area contributed by atoms with E-state index in [0.717, 1.165) is 22.0 Å². The molecule has 1 aliphatic heterocycles. The van der Waals surface area contributed by atoms with Crippen molar-refractivity contribution in [3.8, 4) is 17.0 Å². The highest BCUT2D eigenvalue weighted by Gasteiger charge is 2.42. The molecule has 0 bridgehead atoms. The molecular formula is C31H30ClFN6O2S. The Bertz CT molecular complexity index is 1860. The Labute approximate surface area is 251 Å². The molecule has 3 heterocycles. The van der Waals surface area contributed by atoms with E-state index in [1.165, 1.54) is 11.3 Å². The number of carbonyl (C=O) groups is 1. The molecule has 8 nitrogen and oxygen atoms in total. The summed E-state index contributed by atoms with van der Waals surface area (Å²) in [4.78, 5) is 19.5. The molecule has 2 aromatic heterocycles. The summed E-state index contributed by atoms with van der Waals surface area (Å²) < 4.78 is 18.5. The fourth-order valence-corrected chi connectivity index (χ4v) is 6.82. The van der Waals surface area contributed by atoms with Gasteiger partial charge in [-0.25, -0.2) is 14.2 Å². The van der Waals surface area contributed by atoms with E-state index in [1.807, 2.05) is 68.5 Å². The summed E-state index contributed by atoms with van der Waals surface area (Å²) in [6.45, 7) is 10.4. The predicted octanol–water partition coefficient (Wildman–Crippen LogP) is 8.62. The van der Waals surface area contributed by atoms with Crippen LogP contribution in [0.25, 0.3) is 21.5 Å². The van der Waals surface area contributed by atoms with Crippen molar-refractivity contribution in [1.82, 2.24) is 14.8 Å². The first kappa shape index (κ1) is 28.0. The van der Waals surface area contributed by atoms with E-state index >= 15 is 4.39 Å². The zero-order valence-electron chi connectivity index (χ0n) is 23.8. The van der Waals surface area contributed by atoms with Crippen molar-refractivity contribution in [2.45, 2.75) is 46.1 Å². The fourth-order valence-electron chi connectivity index (χ4n) is 5.68. The molecule has 0 unspecified atom stereocenters. The van der Waals surface area contributed by atoms with Crippen molar-refractivity contribution >= 4 is 61.4 Å². The van der Waals surface area contributed by atoms with Crippen molar-refractivity contribution in [3.05, 3.63) is 76.7 Å². The molecule has 5 aromatic rings. The Hall–Kier alpha value is -4.15. The van der Waals surface area contributed by atoms with Gasteiger partial charge in [0, 0.05) is 34.7 Å². The molecule has 0 saturated heterocycles. The monoisotopic (exact) mass is 604 g/mol. The number of carbonyl (C=O) groups excluding carboxylic acids is 1. The molecule has 0 atom stereocenters. The molecule has 42 heavy (non-hydrogen) atoms. The third-order valence-electron chi connectivity index (χ3n) is 7.35. The van der Waals surface area contributed by atoms with Crippen molar-refractivity contribution in [1.29, 1.82) is 0 Å². The summed E-state index contributed by atoms with van der Waals surface area (Å²) in [5.74, 6) is -0.678. The maximum absolute atomic E-state index is 15.8. The quantitative estimate of drug-likeness (QED) is 0.187. The molecule has 2 amide bonds. The molecule has 1 aliphatic rings. The van der Waals surface area contributed by atoms with Crippen LogP contribution in [-0.4, -0.2) is 32.4 Å². The maximum atomic E-state index is 15.8.